The van der Waals surface area contributed by atoms with Crippen LogP contribution in [0.2, 0.25) is 0 Å². The van der Waals surface area contributed by atoms with E-state index in [0.29, 0.717) is 17.4 Å². The number of ether oxygens (including phenoxy) is 4. The van der Waals surface area contributed by atoms with Crippen LogP contribution in [0.1, 0.15) is 73.3 Å². The number of hydrogen-bond donors (Lipinski definition) is 0. The highest BCUT2D eigenvalue weighted by Crippen LogP contribution is 2.32. The van der Waals surface area contributed by atoms with E-state index in [9.17, 15) is 9.59 Å². The average molecular weight is 395 g/mol. The van der Waals surface area contributed by atoms with Gasteiger partial charge in [-0.3, -0.25) is 0 Å². The number of carbonyl (C=O) groups is 2. The molecule has 0 bridgehead atoms. The summed E-state index contributed by atoms with van der Waals surface area (Å²) in [6.07, 6.45) is 0.962. The molecule has 0 spiro atoms. The van der Waals surface area contributed by atoms with Gasteiger partial charge < -0.3 is 18.9 Å². The maximum Gasteiger partial charge on any atom is 0.344 e. The third-order valence-corrected chi connectivity index (χ3v) is 3.68. The van der Waals surface area contributed by atoms with Crippen molar-refractivity contribution in [3.05, 3.63) is 23.8 Å². The zero-order valence-corrected chi connectivity index (χ0v) is 18.4. The topological polar surface area (TPSA) is 71.1 Å². The maximum atomic E-state index is 12.0. The van der Waals surface area contributed by atoms with Crippen LogP contribution < -0.4 is 9.47 Å². The van der Waals surface area contributed by atoms with Crippen LogP contribution in [0.25, 0.3) is 0 Å². The van der Waals surface area contributed by atoms with Gasteiger partial charge in [-0.25, -0.2) is 9.59 Å². The van der Waals surface area contributed by atoms with Gasteiger partial charge in [0.2, 0.25) is 0 Å². The lowest BCUT2D eigenvalue weighted by Gasteiger charge is -2.21. The van der Waals surface area contributed by atoms with E-state index in [2.05, 4.69) is 13.8 Å². The molecule has 1 rings (SSSR count). The first kappa shape index (κ1) is 23.8. The van der Waals surface area contributed by atoms with Crippen LogP contribution >= 0.6 is 0 Å². The van der Waals surface area contributed by atoms with Crippen molar-refractivity contribution >= 4 is 11.9 Å². The Morgan fingerprint density at radius 1 is 0.857 bits per heavy atom. The Morgan fingerprint density at radius 2 is 1.32 bits per heavy atom. The second kappa shape index (κ2) is 9.80. The molecule has 6 heteroatoms. The average Bonchev–Trinajstić information content (AvgIpc) is 2.54. The van der Waals surface area contributed by atoms with E-state index in [-0.39, 0.29) is 13.2 Å². The Kier molecular flexibility index (Phi) is 8.33. The van der Waals surface area contributed by atoms with Gasteiger partial charge in [0.05, 0.1) is 0 Å². The number of carbonyl (C=O) groups excluding carboxylic acids is 2. The third kappa shape index (κ3) is 9.11. The predicted molar refractivity (Wildman–Crippen MR) is 108 cm³/mol. The molecule has 0 fully saturated rings. The van der Waals surface area contributed by atoms with Crippen molar-refractivity contribution in [1.29, 1.82) is 0 Å². The molecule has 0 aliphatic rings. The zero-order valence-electron chi connectivity index (χ0n) is 18.4. The highest BCUT2D eigenvalue weighted by molar-refractivity contribution is 5.72. The largest absolute Gasteiger partial charge is 0.478 e. The van der Waals surface area contributed by atoms with Crippen molar-refractivity contribution in [2.24, 2.45) is 0 Å². The van der Waals surface area contributed by atoms with E-state index in [0.717, 1.165) is 12.0 Å². The van der Waals surface area contributed by atoms with Crippen molar-refractivity contribution in [2.75, 3.05) is 13.2 Å². The number of esters is 2. The van der Waals surface area contributed by atoms with Crippen molar-refractivity contribution in [3.8, 4) is 11.5 Å². The highest BCUT2D eigenvalue weighted by Gasteiger charge is 2.20. The van der Waals surface area contributed by atoms with Gasteiger partial charge in [0.1, 0.15) is 11.2 Å². The zero-order chi connectivity index (χ0) is 21.5. The third-order valence-electron chi connectivity index (χ3n) is 3.68. The van der Waals surface area contributed by atoms with Gasteiger partial charge in [0.15, 0.2) is 24.7 Å². The van der Waals surface area contributed by atoms with Crippen LogP contribution in [0.4, 0.5) is 0 Å². The van der Waals surface area contributed by atoms with Gasteiger partial charge >= 0.3 is 11.9 Å². The fourth-order valence-corrected chi connectivity index (χ4v) is 2.31. The minimum absolute atomic E-state index is 0.246. The second-order valence-electron chi connectivity index (χ2n) is 8.77. The first-order valence-corrected chi connectivity index (χ1v) is 9.64. The molecule has 0 radical (unpaired) electrons. The summed E-state index contributed by atoms with van der Waals surface area (Å²) in [7, 11) is 0. The molecule has 1 atom stereocenters. The molecule has 1 unspecified atom stereocenters. The quantitative estimate of drug-likeness (QED) is 0.598. The van der Waals surface area contributed by atoms with Crippen molar-refractivity contribution < 1.29 is 28.5 Å². The Bertz CT molecular complexity index is 667. The standard InChI is InChI=1S/C22H34O6/c1-9-15(2)16-10-11-17(25-13-19(23)27-21(3,4)5)18(12-16)26-14-20(24)28-22(6,7)8/h10-12,15H,9,13-14H2,1-8H3. The van der Waals surface area contributed by atoms with E-state index in [1.54, 1.807) is 47.6 Å². The monoisotopic (exact) mass is 394 g/mol. The minimum Gasteiger partial charge on any atom is -0.478 e. The molecule has 6 nitrogen and oxygen atoms in total. The van der Waals surface area contributed by atoms with Gasteiger partial charge in [0.25, 0.3) is 0 Å². The lowest BCUT2D eigenvalue weighted by Crippen LogP contribution is -2.28. The molecule has 0 N–H and O–H groups in total. The summed E-state index contributed by atoms with van der Waals surface area (Å²) in [6, 6.07) is 5.51. The Hall–Kier alpha value is -2.24. The molecule has 0 saturated heterocycles. The fourth-order valence-electron chi connectivity index (χ4n) is 2.31. The van der Waals surface area contributed by atoms with Crippen molar-refractivity contribution in [3.63, 3.8) is 0 Å². The molecule has 158 valence electrons. The predicted octanol–water partition coefficient (Wildman–Crippen LogP) is 4.64. The van der Waals surface area contributed by atoms with Crippen LogP contribution in [0.15, 0.2) is 18.2 Å². The highest BCUT2D eigenvalue weighted by atomic mass is 16.6. The van der Waals surface area contributed by atoms with Gasteiger partial charge in [-0.2, -0.15) is 0 Å². The summed E-state index contributed by atoms with van der Waals surface area (Å²) < 4.78 is 21.8. The van der Waals surface area contributed by atoms with Crippen LogP contribution in [-0.2, 0) is 19.1 Å². The smallest absolute Gasteiger partial charge is 0.344 e. The van der Waals surface area contributed by atoms with Crippen molar-refractivity contribution in [2.45, 2.75) is 78.9 Å². The minimum atomic E-state index is -0.588. The summed E-state index contributed by atoms with van der Waals surface area (Å²) in [5.41, 5.74) is -0.113. The maximum absolute atomic E-state index is 12.0. The van der Waals surface area contributed by atoms with Crippen LogP contribution in [0.3, 0.4) is 0 Å². The first-order valence-electron chi connectivity index (χ1n) is 9.64. The summed E-state index contributed by atoms with van der Waals surface area (Å²) >= 11 is 0. The van der Waals surface area contributed by atoms with E-state index in [1.165, 1.54) is 0 Å². The molecule has 0 saturated carbocycles. The number of hydrogen-bond acceptors (Lipinski definition) is 6. The van der Waals surface area contributed by atoms with Gasteiger partial charge in [-0.1, -0.05) is 19.9 Å². The van der Waals surface area contributed by atoms with E-state index < -0.39 is 23.1 Å². The van der Waals surface area contributed by atoms with Crippen LogP contribution in [0, 0.1) is 0 Å². The van der Waals surface area contributed by atoms with E-state index in [1.807, 2.05) is 12.1 Å². The Morgan fingerprint density at radius 3 is 1.75 bits per heavy atom. The van der Waals surface area contributed by atoms with Crippen molar-refractivity contribution in [1.82, 2.24) is 0 Å². The summed E-state index contributed by atoms with van der Waals surface area (Å²) in [4.78, 5) is 23.9. The Balaban J connectivity index is 2.90. The summed E-state index contributed by atoms with van der Waals surface area (Å²) in [5, 5.41) is 0. The second-order valence-corrected chi connectivity index (χ2v) is 8.77. The molecule has 0 amide bonds. The summed E-state index contributed by atoms with van der Waals surface area (Å²) in [6.45, 7) is 14.5. The Labute approximate surface area is 168 Å². The number of rotatable bonds is 8. The van der Waals surface area contributed by atoms with Gasteiger partial charge in [0, 0.05) is 0 Å². The molecule has 0 aliphatic heterocycles. The van der Waals surface area contributed by atoms with Crippen LogP contribution in [0.5, 0.6) is 11.5 Å². The van der Waals surface area contributed by atoms with Gasteiger partial charge in [-0.05, 0) is 71.6 Å². The van der Waals surface area contributed by atoms with E-state index >= 15 is 0 Å². The first-order chi connectivity index (χ1) is 12.8. The normalized spacial score (nSPS) is 12.9. The number of benzene rings is 1. The molecule has 28 heavy (non-hydrogen) atoms. The van der Waals surface area contributed by atoms with E-state index in [4.69, 9.17) is 18.9 Å². The molecule has 0 heterocycles. The SMILES string of the molecule is CCC(C)c1ccc(OCC(=O)OC(C)(C)C)c(OCC(=O)OC(C)(C)C)c1. The fraction of sp³-hybridized carbons (Fsp3) is 0.636. The van der Waals surface area contributed by atoms with Crippen LogP contribution in [-0.4, -0.2) is 36.4 Å². The molecule has 0 aliphatic carbocycles. The summed E-state index contributed by atoms with van der Waals surface area (Å²) in [5.74, 6) is 0.147. The molecule has 1 aromatic carbocycles. The molecular weight excluding hydrogens is 360 g/mol. The molecular formula is C22H34O6. The van der Waals surface area contributed by atoms with Gasteiger partial charge in [-0.15, -0.1) is 0 Å². The lowest BCUT2D eigenvalue weighted by atomic mass is 9.98. The lowest BCUT2D eigenvalue weighted by molar-refractivity contribution is -0.158. The molecule has 1 aromatic rings. The molecule has 0 aromatic heterocycles.